The highest BCUT2D eigenvalue weighted by Gasteiger charge is 2.27. The molecule has 1 aliphatic rings. The zero-order chi connectivity index (χ0) is 15.4. The van der Waals surface area contributed by atoms with Gasteiger partial charge >= 0.3 is 5.69 Å². The van der Waals surface area contributed by atoms with Crippen LogP contribution in [0.4, 0.5) is 11.5 Å². The Balaban J connectivity index is 2.14. The molecule has 0 bridgehead atoms. The van der Waals surface area contributed by atoms with Crippen LogP contribution in [0.5, 0.6) is 0 Å². The monoisotopic (exact) mass is 289 g/mol. The summed E-state index contributed by atoms with van der Waals surface area (Å²) < 4.78 is 0. The molecular formula is C14H19N5O2. The Morgan fingerprint density at radius 3 is 2.62 bits per heavy atom. The van der Waals surface area contributed by atoms with Crippen molar-refractivity contribution in [3.8, 4) is 6.07 Å². The average Bonchev–Trinajstić information content (AvgIpc) is 2.49. The lowest BCUT2D eigenvalue weighted by Gasteiger charge is -2.37. The molecule has 1 aliphatic heterocycles. The van der Waals surface area contributed by atoms with Crippen LogP contribution in [0.25, 0.3) is 0 Å². The van der Waals surface area contributed by atoms with Gasteiger partial charge in [0.25, 0.3) is 0 Å². The minimum atomic E-state index is -0.391. The summed E-state index contributed by atoms with van der Waals surface area (Å²) >= 11 is 0. The van der Waals surface area contributed by atoms with Crippen LogP contribution in [0.3, 0.4) is 0 Å². The first kappa shape index (κ1) is 15.2. The van der Waals surface area contributed by atoms with Crippen molar-refractivity contribution in [2.24, 2.45) is 0 Å². The van der Waals surface area contributed by atoms with Crippen molar-refractivity contribution in [2.45, 2.75) is 26.3 Å². The second-order valence-electron chi connectivity index (χ2n) is 5.13. The number of pyridine rings is 1. The highest BCUT2D eigenvalue weighted by molar-refractivity contribution is 5.58. The van der Waals surface area contributed by atoms with E-state index < -0.39 is 4.92 Å². The Kier molecular flexibility index (Phi) is 4.70. The topological polar surface area (TPSA) is 86.3 Å². The molecule has 1 aromatic rings. The Bertz CT molecular complexity index is 561. The predicted molar refractivity (Wildman–Crippen MR) is 79.1 cm³/mol. The van der Waals surface area contributed by atoms with Crippen LogP contribution < -0.4 is 4.90 Å². The molecule has 0 N–H and O–H groups in total. The van der Waals surface area contributed by atoms with E-state index in [1.165, 1.54) is 6.07 Å². The summed E-state index contributed by atoms with van der Waals surface area (Å²) in [6.45, 7) is 6.56. The molecule has 112 valence electrons. The van der Waals surface area contributed by atoms with Gasteiger partial charge in [0, 0.05) is 37.9 Å². The number of piperazine rings is 1. The first-order chi connectivity index (χ1) is 10.1. The summed E-state index contributed by atoms with van der Waals surface area (Å²) in [6.07, 6.45) is 0.791. The van der Waals surface area contributed by atoms with E-state index in [1.807, 2.05) is 18.7 Å². The highest BCUT2D eigenvalue weighted by Crippen LogP contribution is 2.27. The average molecular weight is 289 g/mol. The molecule has 0 aliphatic carbocycles. The lowest BCUT2D eigenvalue weighted by molar-refractivity contribution is -0.384. The van der Waals surface area contributed by atoms with Gasteiger partial charge in [0.1, 0.15) is 0 Å². The molecule has 0 amide bonds. The van der Waals surface area contributed by atoms with Gasteiger partial charge in [-0.3, -0.25) is 15.0 Å². The van der Waals surface area contributed by atoms with Gasteiger partial charge in [-0.1, -0.05) is 6.92 Å². The van der Waals surface area contributed by atoms with Gasteiger partial charge in [0.15, 0.2) is 0 Å². The zero-order valence-corrected chi connectivity index (χ0v) is 12.3. The number of nitriles is 1. The number of nitrogens with zero attached hydrogens (tertiary/aromatic N) is 5. The molecule has 1 saturated heterocycles. The number of nitro groups is 1. The van der Waals surface area contributed by atoms with E-state index in [0.717, 1.165) is 25.2 Å². The fourth-order valence-corrected chi connectivity index (χ4v) is 2.59. The molecule has 0 aromatic carbocycles. The van der Waals surface area contributed by atoms with Crippen molar-refractivity contribution in [3.05, 3.63) is 27.9 Å². The fourth-order valence-electron chi connectivity index (χ4n) is 2.59. The number of hydrogen-bond acceptors (Lipinski definition) is 6. The van der Waals surface area contributed by atoms with E-state index in [-0.39, 0.29) is 11.7 Å². The van der Waals surface area contributed by atoms with E-state index in [9.17, 15) is 10.1 Å². The van der Waals surface area contributed by atoms with Crippen LogP contribution in [0.1, 0.15) is 19.0 Å². The molecule has 0 spiro atoms. The van der Waals surface area contributed by atoms with Crippen LogP contribution in [0.2, 0.25) is 0 Å². The van der Waals surface area contributed by atoms with Crippen LogP contribution in [-0.4, -0.2) is 47.0 Å². The van der Waals surface area contributed by atoms with E-state index in [4.69, 9.17) is 5.26 Å². The zero-order valence-electron chi connectivity index (χ0n) is 12.3. The van der Waals surface area contributed by atoms with Crippen molar-refractivity contribution >= 4 is 11.5 Å². The van der Waals surface area contributed by atoms with Crippen LogP contribution >= 0.6 is 0 Å². The molecule has 1 aromatic heterocycles. The van der Waals surface area contributed by atoms with E-state index in [0.29, 0.717) is 18.9 Å². The summed E-state index contributed by atoms with van der Waals surface area (Å²) in [7, 11) is 0. The van der Waals surface area contributed by atoms with Crippen LogP contribution in [0.15, 0.2) is 12.1 Å². The molecule has 0 radical (unpaired) electrons. The number of anilines is 1. The summed E-state index contributed by atoms with van der Waals surface area (Å²) in [5.41, 5.74) is 0.808. The fraction of sp³-hybridized carbons (Fsp3) is 0.571. The SMILES string of the molecule is CCC(C#N)N1CCN(c2nc(C)ccc2[N+](=O)[O-])CC1. The maximum atomic E-state index is 11.1. The molecule has 7 heteroatoms. The molecule has 2 rings (SSSR count). The Morgan fingerprint density at radius 1 is 1.43 bits per heavy atom. The third-order valence-electron chi connectivity index (χ3n) is 3.78. The number of aryl methyl sites for hydroxylation is 1. The van der Waals surface area contributed by atoms with Gasteiger partial charge < -0.3 is 4.90 Å². The predicted octanol–water partition coefficient (Wildman–Crippen LogP) is 1.72. The first-order valence-corrected chi connectivity index (χ1v) is 7.07. The summed E-state index contributed by atoms with van der Waals surface area (Å²) in [4.78, 5) is 19.1. The Morgan fingerprint density at radius 2 is 2.10 bits per heavy atom. The molecule has 0 saturated carbocycles. The van der Waals surface area contributed by atoms with E-state index >= 15 is 0 Å². The van der Waals surface area contributed by atoms with Gasteiger partial charge in [0.05, 0.1) is 17.0 Å². The third kappa shape index (κ3) is 3.28. The minimum absolute atomic E-state index is 0.0429. The summed E-state index contributed by atoms with van der Waals surface area (Å²) in [5.74, 6) is 0.435. The molecule has 7 nitrogen and oxygen atoms in total. The molecular weight excluding hydrogens is 270 g/mol. The number of hydrogen-bond donors (Lipinski definition) is 0. The lowest BCUT2D eigenvalue weighted by Crippen LogP contribution is -2.50. The molecule has 1 fully saturated rings. The van der Waals surface area contributed by atoms with Gasteiger partial charge in [-0.25, -0.2) is 4.98 Å². The van der Waals surface area contributed by atoms with Gasteiger partial charge in [-0.05, 0) is 19.4 Å². The van der Waals surface area contributed by atoms with Crippen molar-refractivity contribution in [1.82, 2.24) is 9.88 Å². The van der Waals surface area contributed by atoms with E-state index in [1.54, 1.807) is 6.07 Å². The second kappa shape index (κ2) is 6.50. The summed E-state index contributed by atoms with van der Waals surface area (Å²) in [5, 5.41) is 20.2. The summed E-state index contributed by atoms with van der Waals surface area (Å²) in [6, 6.07) is 5.38. The first-order valence-electron chi connectivity index (χ1n) is 7.07. The van der Waals surface area contributed by atoms with Crippen molar-refractivity contribution < 1.29 is 4.92 Å². The molecule has 21 heavy (non-hydrogen) atoms. The van der Waals surface area contributed by atoms with Crippen molar-refractivity contribution in [2.75, 3.05) is 31.1 Å². The Hall–Kier alpha value is -2.20. The minimum Gasteiger partial charge on any atom is -0.348 e. The standard InChI is InChI=1S/C14H19N5O2/c1-3-12(10-15)17-6-8-18(9-7-17)14-13(19(20)21)5-4-11(2)16-14/h4-5,12H,3,6-9H2,1-2H3. The normalized spacial score (nSPS) is 17.3. The third-order valence-corrected chi connectivity index (χ3v) is 3.78. The maximum Gasteiger partial charge on any atom is 0.311 e. The maximum absolute atomic E-state index is 11.1. The quantitative estimate of drug-likeness (QED) is 0.619. The van der Waals surface area contributed by atoms with Crippen molar-refractivity contribution in [3.63, 3.8) is 0 Å². The second-order valence-corrected chi connectivity index (χ2v) is 5.13. The number of rotatable bonds is 4. The Labute approximate surface area is 123 Å². The molecule has 1 atom stereocenters. The largest absolute Gasteiger partial charge is 0.348 e. The lowest BCUT2D eigenvalue weighted by atomic mass is 10.2. The van der Waals surface area contributed by atoms with Crippen LogP contribution in [0, 0.1) is 28.4 Å². The number of aromatic nitrogens is 1. The smallest absolute Gasteiger partial charge is 0.311 e. The van der Waals surface area contributed by atoms with Gasteiger partial charge in [-0.2, -0.15) is 5.26 Å². The molecule has 1 unspecified atom stereocenters. The van der Waals surface area contributed by atoms with Crippen LogP contribution in [-0.2, 0) is 0 Å². The van der Waals surface area contributed by atoms with E-state index in [2.05, 4.69) is 16.0 Å². The van der Waals surface area contributed by atoms with Gasteiger partial charge in [-0.15, -0.1) is 0 Å². The highest BCUT2D eigenvalue weighted by atomic mass is 16.6. The molecule has 2 heterocycles. The van der Waals surface area contributed by atoms with Gasteiger partial charge in [0.2, 0.25) is 5.82 Å². The van der Waals surface area contributed by atoms with Crippen molar-refractivity contribution in [1.29, 1.82) is 5.26 Å².